The van der Waals surface area contributed by atoms with Gasteiger partial charge in [-0.1, -0.05) is 32.9 Å². The molecule has 0 radical (unpaired) electrons. The van der Waals surface area contributed by atoms with E-state index in [1.807, 2.05) is 4.90 Å². The molecule has 0 bridgehead atoms. The SMILES string of the molecule is CC(C)(C)c1cc(C2CC(c3ccc(C(F)(F)F)cc3)CN(C(=O)N3CCOCC3)C2)[nH]n1. The van der Waals surface area contributed by atoms with Gasteiger partial charge in [0.15, 0.2) is 0 Å². The first-order chi connectivity index (χ1) is 15.5. The van der Waals surface area contributed by atoms with Gasteiger partial charge >= 0.3 is 12.2 Å². The van der Waals surface area contributed by atoms with Gasteiger partial charge in [-0.3, -0.25) is 5.10 Å². The van der Waals surface area contributed by atoms with Crippen molar-refractivity contribution in [3.8, 4) is 0 Å². The van der Waals surface area contributed by atoms with Gasteiger partial charge in [-0.15, -0.1) is 0 Å². The van der Waals surface area contributed by atoms with Gasteiger partial charge in [-0.25, -0.2) is 4.79 Å². The number of benzene rings is 1. The van der Waals surface area contributed by atoms with Gasteiger partial charge in [0, 0.05) is 49.1 Å². The molecule has 9 heteroatoms. The fourth-order valence-corrected chi connectivity index (χ4v) is 4.55. The smallest absolute Gasteiger partial charge is 0.378 e. The number of nitrogens with zero attached hydrogens (tertiary/aromatic N) is 3. The second-order valence-electron chi connectivity index (χ2n) is 9.99. The molecule has 2 atom stereocenters. The van der Waals surface area contributed by atoms with Crippen molar-refractivity contribution in [1.82, 2.24) is 20.0 Å². The number of aromatic amines is 1. The summed E-state index contributed by atoms with van der Waals surface area (Å²) in [6.45, 7) is 9.40. The third-order valence-corrected chi connectivity index (χ3v) is 6.52. The van der Waals surface area contributed by atoms with E-state index in [2.05, 4.69) is 37.0 Å². The van der Waals surface area contributed by atoms with Crippen LogP contribution in [-0.2, 0) is 16.3 Å². The van der Waals surface area contributed by atoms with Crippen molar-refractivity contribution in [1.29, 1.82) is 0 Å². The predicted molar refractivity (Wildman–Crippen MR) is 118 cm³/mol. The van der Waals surface area contributed by atoms with Crippen molar-refractivity contribution in [2.75, 3.05) is 39.4 Å². The molecule has 0 saturated carbocycles. The van der Waals surface area contributed by atoms with Crippen LogP contribution in [0.1, 0.15) is 61.5 Å². The van der Waals surface area contributed by atoms with Gasteiger partial charge in [-0.2, -0.15) is 18.3 Å². The Balaban J connectivity index is 1.60. The fraction of sp³-hybridized carbons (Fsp3) is 0.583. The summed E-state index contributed by atoms with van der Waals surface area (Å²) in [7, 11) is 0. The Kier molecular flexibility index (Phi) is 6.44. The number of morpholine rings is 1. The highest BCUT2D eigenvalue weighted by Crippen LogP contribution is 2.38. The molecule has 180 valence electrons. The average Bonchev–Trinajstić information content (AvgIpc) is 3.29. The van der Waals surface area contributed by atoms with Crippen LogP contribution in [-0.4, -0.2) is 65.4 Å². The first kappa shape index (κ1) is 23.6. The maximum Gasteiger partial charge on any atom is 0.416 e. The van der Waals surface area contributed by atoms with Gasteiger partial charge in [0.2, 0.25) is 0 Å². The Morgan fingerprint density at radius 2 is 1.67 bits per heavy atom. The van der Waals surface area contributed by atoms with Crippen molar-refractivity contribution in [2.45, 2.75) is 50.6 Å². The summed E-state index contributed by atoms with van der Waals surface area (Å²) in [6, 6.07) is 7.34. The molecule has 33 heavy (non-hydrogen) atoms. The van der Waals surface area contributed by atoms with E-state index in [4.69, 9.17) is 4.74 Å². The van der Waals surface area contributed by atoms with E-state index in [9.17, 15) is 18.0 Å². The van der Waals surface area contributed by atoms with Crippen LogP contribution in [0.3, 0.4) is 0 Å². The molecule has 0 spiro atoms. The summed E-state index contributed by atoms with van der Waals surface area (Å²) < 4.78 is 44.5. The number of ether oxygens (including phenoxy) is 1. The second-order valence-corrected chi connectivity index (χ2v) is 9.99. The van der Waals surface area contributed by atoms with Crippen molar-refractivity contribution < 1.29 is 22.7 Å². The van der Waals surface area contributed by atoms with Gasteiger partial charge < -0.3 is 14.5 Å². The number of carbonyl (C=O) groups is 1. The molecular formula is C24H31F3N4O2. The normalized spacial score (nSPS) is 22.5. The topological polar surface area (TPSA) is 61.5 Å². The van der Waals surface area contributed by atoms with Gasteiger partial charge in [-0.05, 0) is 30.2 Å². The number of hydrogen-bond donors (Lipinski definition) is 1. The lowest BCUT2D eigenvalue weighted by Gasteiger charge is -2.41. The van der Waals surface area contributed by atoms with Gasteiger partial charge in [0.05, 0.1) is 24.5 Å². The molecule has 3 heterocycles. The number of hydrogen-bond acceptors (Lipinski definition) is 3. The molecule has 2 unspecified atom stereocenters. The first-order valence-corrected chi connectivity index (χ1v) is 11.4. The lowest BCUT2D eigenvalue weighted by Crippen LogP contribution is -2.52. The minimum absolute atomic E-state index is 0.0135. The maximum absolute atomic E-state index is 13.3. The first-order valence-electron chi connectivity index (χ1n) is 11.4. The zero-order chi connectivity index (χ0) is 23.8. The van der Waals surface area contributed by atoms with Crippen molar-refractivity contribution in [3.63, 3.8) is 0 Å². The number of piperidine rings is 1. The fourth-order valence-electron chi connectivity index (χ4n) is 4.55. The molecule has 2 amide bonds. The number of rotatable bonds is 2. The van der Waals surface area contributed by atoms with Crippen LogP contribution in [0.5, 0.6) is 0 Å². The van der Waals surface area contributed by atoms with Crippen LogP contribution in [0.15, 0.2) is 30.3 Å². The molecule has 1 aromatic carbocycles. The van der Waals surface area contributed by atoms with Crippen molar-refractivity contribution in [2.24, 2.45) is 0 Å². The number of carbonyl (C=O) groups excluding carboxylic acids is 1. The zero-order valence-electron chi connectivity index (χ0n) is 19.3. The van der Waals surface area contributed by atoms with Crippen LogP contribution in [0.2, 0.25) is 0 Å². The number of urea groups is 1. The molecule has 4 rings (SSSR count). The number of halogens is 3. The van der Waals surface area contributed by atoms with E-state index in [-0.39, 0.29) is 23.3 Å². The average molecular weight is 465 g/mol. The predicted octanol–water partition coefficient (Wildman–Crippen LogP) is 4.75. The number of H-pyrrole nitrogens is 1. The quantitative estimate of drug-likeness (QED) is 0.698. The molecule has 2 aromatic rings. The molecule has 1 N–H and O–H groups in total. The number of nitrogens with one attached hydrogen (secondary N) is 1. The van der Waals surface area contributed by atoms with Crippen LogP contribution in [0.4, 0.5) is 18.0 Å². The monoisotopic (exact) mass is 464 g/mol. The molecule has 1 aromatic heterocycles. The molecule has 6 nitrogen and oxygen atoms in total. The number of aromatic nitrogens is 2. The maximum atomic E-state index is 13.3. The summed E-state index contributed by atoms with van der Waals surface area (Å²) in [4.78, 5) is 16.9. The molecular weight excluding hydrogens is 433 g/mol. The number of likely N-dealkylation sites (tertiary alicyclic amines) is 1. The molecule has 2 saturated heterocycles. The molecule has 2 aliphatic rings. The van der Waals surface area contributed by atoms with E-state index in [0.29, 0.717) is 39.4 Å². The van der Waals surface area contributed by atoms with E-state index in [0.717, 1.165) is 35.5 Å². The third kappa shape index (κ3) is 5.34. The van der Waals surface area contributed by atoms with E-state index >= 15 is 0 Å². The molecule has 0 aliphatic carbocycles. The highest BCUT2D eigenvalue weighted by Gasteiger charge is 2.36. The summed E-state index contributed by atoms with van der Waals surface area (Å²) in [5, 5.41) is 7.63. The van der Waals surface area contributed by atoms with Gasteiger partial charge in [0.1, 0.15) is 0 Å². The molecule has 2 fully saturated rings. The van der Waals surface area contributed by atoms with E-state index < -0.39 is 11.7 Å². The zero-order valence-corrected chi connectivity index (χ0v) is 19.3. The summed E-state index contributed by atoms with van der Waals surface area (Å²) in [5.41, 5.74) is 1.93. The summed E-state index contributed by atoms with van der Waals surface area (Å²) in [5.74, 6) is -0.0583. The second kappa shape index (κ2) is 9.00. The Bertz CT molecular complexity index is 959. The Morgan fingerprint density at radius 3 is 2.24 bits per heavy atom. The lowest BCUT2D eigenvalue weighted by atomic mass is 9.82. The number of amides is 2. The Morgan fingerprint density at radius 1 is 1.03 bits per heavy atom. The third-order valence-electron chi connectivity index (χ3n) is 6.52. The van der Waals surface area contributed by atoms with Crippen molar-refractivity contribution >= 4 is 6.03 Å². The highest BCUT2D eigenvalue weighted by molar-refractivity contribution is 5.75. The Hall–Kier alpha value is -2.55. The summed E-state index contributed by atoms with van der Waals surface area (Å²) in [6.07, 6.45) is -3.64. The van der Waals surface area contributed by atoms with Crippen LogP contribution in [0, 0.1) is 0 Å². The van der Waals surface area contributed by atoms with Crippen LogP contribution < -0.4 is 0 Å². The molecule has 2 aliphatic heterocycles. The van der Waals surface area contributed by atoms with E-state index in [1.165, 1.54) is 0 Å². The van der Waals surface area contributed by atoms with Crippen LogP contribution >= 0.6 is 0 Å². The highest BCUT2D eigenvalue weighted by atomic mass is 19.4. The van der Waals surface area contributed by atoms with E-state index in [1.54, 1.807) is 17.0 Å². The minimum Gasteiger partial charge on any atom is -0.378 e. The number of alkyl halides is 3. The minimum atomic E-state index is -4.37. The van der Waals surface area contributed by atoms with Crippen LogP contribution in [0.25, 0.3) is 0 Å². The Labute approximate surface area is 192 Å². The van der Waals surface area contributed by atoms with Crippen molar-refractivity contribution in [3.05, 3.63) is 52.8 Å². The summed E-state index contributed by atoms with van der Waals surface area (Å²) >= 11 is 0. The van der Waals surface area contributed by atoms with Gasteiger partial charge in [0.25, 0.3) is 0 Å². The largest absolute Gasteiger partial charge is 0.416 e. The lowest BCUT2D eigenvalue weighted by molar-refractivity contribution is -0.137. The standard InChI is InChI=1S/C24H31F3N4O2/c1-23(2,3)21-13-20(28-29-21)18-12-17(16-4-6-19(7-5-16)24(25,26)27)14-31(15-18)22(32)30-8-10-33-11-9-30/h4-7,13,17-18H,8-12,14-15H2,1-3H3,(H,28,29).